The molecule has 63 heavy (non-hydrogen) atoms. The standard InChI is InChI=1S/C57H94O6/c1-4-7-10-13-16-19-22-25-28-30-32-35-38-41-44-47-50-56(59)62-53-54(52-61-55(58)49-46-43-40-37-34-31-27-24-21-18-15-12-9-6-3)63-57(60)51-48-45-42-39-36-33-29-26-23-20-17-14-11-8-5-2/h8,11,15,17-20,22,24,26-30,36,39,54H,4-7,9-10,12-14,16,21,23,25,31-35,37-38,40-53H2,1-3H3/b11-8-,18-15-,20-17-,22-19-,27-24-,29-26-,30-28-,39-36-. The predicted octanol–water partition coefficient (Wildman–Crippen LogP) is 17.0. The molecule has 0 aromatic carbocycles. The van der Waals surface area contributed by atoms with Gasteiger partial charge >= 0.3 is 17.9 Å². The van der Waals surface area contributed by atoms with Gasteiger partial charge in [0.25, 0.3) is 0 Å². The molecule has 0 aromatic heterocycles. The summed E-state index contributed by atoms with van der Waals surface area (Å²) < 4.78 is 16.7. The van der Waals surface area contributed by atoms with Crippen LogP contribution >= 0.6 is 0 Å². The highest BCUT2D eigenvalue weighted by atomic mass is 16.6. The Balaban J connectivity index is 4.51. The molecule has 0 rings (SSSR count). The Kier molecular flexibility index (Phi) is 48.0. The van der Waals surface area contributed by atoms with E-state index in [9.17, 15) is 14.4 Å². The van der Waals surface area contributed by atoms with Crippen LogP contribution in [0.3, 0.4) is 0 Å². The lowest BCUT2D eigenvalue weighted by Gasteiger charge is -2.18. The van der Waals surface area contributed by atoms with Gasteiger partial charge in [-0.05, 0) is 116 Å². The number of ether oxygens (including phenoxy) is 3. The van der Waals surface area contributed by atoms with E-state index in [1.165, 1.54) is 51.4 Å². The number of carbonyl (C=O) groups is 3. The highest BCUT2D eigenvalue weighted by Crippen LogP contribution is 2.12. The van der Waals surface area contributed by atoms with E-state index in [4.69, 9.17) is 14.2 Å². The Bertz CT molecular complexity index is 1280. The molecule has 1 unspecified atom stereocenters. The molecule has 0 fully saturated rings. The second-order valence-corrected chi connectivity index (χ2v) is 16.7. The van der Waals surface area contributed by atoms with Crippen LogP contribution in [0.25, 0.3) is 0 Å². The van der Waals surface area contributed by atoms with E-state index in [1.54, 1.807) is 0 Å². The van der Waals surface area contributed by atoms with Gasteiger partial charge in [0.05, 0.1) is 0 Å². The summed E-state index contributed by atoms with van der Waals surface area (Å²) in [6, 6.07) is 0. The number of carbonyl (C=O) groups excluding carboxylic acids is 3. The summed E-state index contributed by atoms with van der Waals surface area (Å²) in [5.74, 6) is -0.980. The minimum absolute atomic E-state index is 0.107. The second kappa shape index (κ2) is 51.0. The van der Waals surface area contributed by atoms with Crippen LogP contribution in [0.2, 0.25) is 0 Å². The van der Waals surface area contributed by atoms with Crippen LogP contribution in [0.5, 0.6) is 0 Å². The summed E-state index contributed by atoms with van der Waals surface area (Å²) in [7, 11) is 0. The normalized spacial score (nSPS) is 12.9. The first kappa shape index (κ1) is 59.3. The van der Waals surface area contributed by atoms with Gasteiger partial charge in [0.1, 0.15) is 13.2 Å². The summed E-state index contributed by atoms with van der Waals surface area (Å²) in [5.41, 5.74) is 0. The van der Waals surface area contributed by atoms with Crippen LogP contribution in [0, 0.1) is 0 Å². The SMILES string of the molecule is CC/C=C\C/C=C\C/C=C\C/C=C\CCCCC(=O)OC(COC(=O)CCCCCCC/C=C\C/C=C\CCCC)COC(=O)CCCCCCC/C=C\C/C=C\CCCCCC. The molecule has 0 amide bonds. The van der Waals surface area contributed by atoms with Crippen LogP contribution in [0.4, 0.5) is 0 Å². The zero-order valence-electron chi connectivity index (χ0n) is 40.8. The number of esters is 3. The molecule has 0 heterocycles. The van der Waals surface area contributed by atoms with Crippen molar-refractivity contribution in [1.82, 2.24) is 0 Å². The maximum atomic E-state index is 12.8. The van der Waals surface area contributed by atoms with Gasteiger partial charge in [-0.1, -0.05) is 189 Å². The van der Waals surface area contributed by atoms with Crippen LogP contribution in [0.15, 0.2) is 97.2 Å². The molecule has 0 saturated carbocycles. The maximum Gasteiger partial charge on any atom is 0.306 e. The molecule has 6 nitrogen and oxygen atoms in total. The zero-order valence-corrected chi connectivity index (χ0v) is 40.8. The van der Waals surface area contributed by atoms with Gasteiger partial charge in [0, 0.05) is 19.3 Å². The van der Waals surface area contributed by atoms with Crippen molar-refractivity contribution in [2.75, 3.05) is 13.2 Å². The lowest BCUT2D eigenvalue weighted by atomic mass is 10.1. The molecule has 0 saturated heterocycles. The van der Waals surface area contributed by atoms with Crippen molar-refractivity contribution in [3.63, 3.8) is 0 Å². The van der Waals surface area contributed by atoms with E-state index in [0.29, 0.717) is 19.3 Å². The molecule has 0 aliphatic rings. The topological polar surface area (TPSA) is 78.9 Å². The summed E-state index contributed by atoms with van der Waals surface area (Å²) >= 11 is 0. The Morgan fingerprint density at radius 3 is 1.05 bits per heavy atom. The minimum Gasteiger partial charge on any atom is -0.462 e. The average molecular weight is 875 g/mol. The number of hydrogen-bond donors (Lipinski definition) is 0. The molecule has 0 bridgehead atoms. The van der Waals surface area contributed by atoms with E-state index in [-0.39, 0.29) is 37.5 Å². The number of hydrogen-bond acceptors (Lipinski definition) is 6. The van der Waals surface area contributed by atoms with Crippen LogP contribution in [-0.4, -0.2) is 37.2 Å². The number of rotatable bonds is 45. The van der Waals surface area contributed by atoms with Gasteiger partial charge in [0.2, 0.25) is 0 Å². The third-order valence-electron chi connectivity index (χ3n) is 10.5. The number of unbranched alkanes of at least 4 members (excludes halogenated alkanes) is 18. The quantitative estimate of drug-likeness (QED) is 0.0262. The van der Waals surface area contributed by atoms with Gasteiger partial charge in [-0.3, -0.25) is 14.4 Å². The van der Waals surface area contributed by atoms with Gasteiger partial charge < -0.3 is 14.2 Å². The average Bonchev–Trinajstić information content (AvgIpc) is 3.28. The van der Waals surface area contributed by atoms with Crippen molar-refractivity contribution in [2.24, 2.45) is 0 Å². The predicted molar refractivity (Wildman–Crippen MR) is 270 cm³/mol. The minimum atomic E-state index is -0.811. The van der Waals surface area contributed by atoms with Gasteiger partial charge in [0.15, 0.2) is 6.10 Å². The van der Waals surface area contributed by atoms with Crippen molar-refractivity contribution in [3.8, 4) is 0 Å². The molecule has 0 aromatic rings. The third-order valence-corrected chi connectivity index (χ3v) is 10.5. The first-order valence-corrected chi connectivity index (χ1v) is 25.7. The summed E-state index contributed by atoms with van der Waals surface area (Å²) in [5, 5.41) is 0. The van der Waals surface area contributed by atoms with Crippen LogP contribution < -0.4 is 0 Å². The fourth-order valence-electron chi connectivity index (χ4n) is 6.65. The van der Waals surface area contributed by atoms with Crippen molar-refractivity contribution in [1.29, 1.82) is 0 Å². The Morgan fingerprint density at radius 2 is 0.635 bits per heavy atom. The fraction of sp³-hybridized carbons (Fsp3) is 0.667. The molecule has 0 aliphatic carbocycles. The van der Waals surface area contributed by atoms with Crippen LogP contribution in [0.1, 0.15) is 226 Å². The zero-order chi connectivity index (χ0) is 45.8. The maximum absolute atomic E-state index is 12.8. The van der Waals surface area contributed by atoms with E-state index in [1.807, 2.05) is 0 Å². The first-order valence-electron chi connectivity index (χ1n) is 25.7. The van der Waals surface area contributed by atoms with E-state index < -0.39 is 6.10 Å². The van der Waals surface area contributed by atoms with Gasteiger partial charge in [-0.2, -0.15) is 0 Å². The molecule has 1 atom stereocenters. The first-order chi connectivity index (χ1) is 31.0. The molecule has 0 aliphatic heterocycles. The fourth-order valence-corrected chi connectivity index (χ4v) is 6.65. The van der Waals surface area contributed by atoms with Crippen molar-refractivity contribution in [3.05, 3.63) is 97.2 Å². The summed E-state index contributed by atoms with van der Waals surface area (Å²) in [4.78, 5) is 38.0. The van der Waals surface area contributed by atoms with E-state index in [0.717, 1.165) is 128 Å². The number of allylic oxidation sites excluding steroid dienone is 16. The smallest absolute Gasteiger partial charge is 0.306 e. The monoisotopic (exact) mass is 875 g/mol. The Morgan fingerprint density at radius 1 is 0.333 bits per heavy atom. The Hall–Kier alpha value is -3.67. The van der Waals surface area contributed by atoms with Crippen molar-refractivity contribution >= 4 is 17.9 Å². The molecule has 6 heteroatoms. The molecule has 0 spiro atoms. The largest absolute Gasteiger partial charge is 0.462 e. The lowest BCUT2D eigenvalue weighted by Crippen LogP contribution is -2.30. The molecule has 0 radical (unpaired) electrons. The van der Waals surface area contributed by atoms with Gasteiger partial charge in [-0.25, -0.2) is 0 Å². The molecular weight excluding hydrogens is 781 g/mol. The van der Waals surface area contributed by atoms with E-state index >= 15 is 0 Å². The van der Waals surface area contributed by atoms with Crippen LogP contribution in [-0.2, 0) is 28.6 Å². The summed E-state index contributed by atoms with van der Waals surface area (Å²) in [6.45, 7) is 6.39. The molecule has 358 valence electrons. The van der Waals surface area contributed by atoms with Crippen molar-refractivity contribution < 1.29 is 28.6 Å². The highest BCUT2D eigenvalue weighted by molar-refractivity contribution is 5.71. The third kappa shape index (κ3) is 49.2. The molecule has 0 N–H and O–H groups in total. The lowest BCUT2D eigenvalue weighted by molar-refractivity contribution is -0.167. The van der Waals surface area contributed by atoms with Gasteiger partial charge in [-0.15, -0.1) is 0 Å². The van der Waals surface area contributed by atoms with Crippen molar-refractivity contribution in [2.45, 2.75) is 232 Å². The summed E-state index contributed by atoms with van der Waals surface area (Å²) in [6.07, 6.45) is 66.7. The Labute approximate surface area is 387 Å². The van der Waals surface area contributed by atoms with E-state index in [2.05, 4.69) is 118 Å². The molecular formula is C57H94O6. The highest BCUT2D eigenvalue weighted by Gasteiger charge is 2.19. The second-order valence-electron chi connectivity index (χ2n) is 16.7.